The molecule has 0 fully saturated rings. The van der Waals surface area contributed by atoms with Crippen molar-refractivity contribution in [2.24, 2.45) is 0 Å². The Bertz CT molecular complexity index is 891. The number of hydrogen-bond acceptors (Lipinski definition) is 4. The lowest BCUT2D eigenvalue weighted by molar-refractivity contribution is -0.112. The SMILES string of the molecule is CCOc1c(I)cc(/C=C(\C#N)C(=O)Nc2cccc(Cl)c2)cc1OC. The summed E-state index contributed by atoms with van der Waals surface area (Å²) in [6, 6.07) is 12.2. The van der Waals surface area contributed by atoms with E-state index >= 15 is 0 Å². The van der Waals surface area contributed by atoms with E-state index in [0.29, 0.717) is 34.4 Å². The van der Waals surface area contributed by atoms with Gasteiger partial charge in [0.25, 0.3) is 5.91 Å². The average molecular weight is 483 g/mol. The largest absolute Gasteiger partial charge is 0.493 e. The Morgan fingerprint density at radius 2 is 2.15 bits per heavy atom. The van der Waals surface area contributed by atoms with Gasteiger partial charge in [-0.15, -0.1) is 0 Å². The lowest BCUT2D eigenvalue weighted by Gasteiger charge is -2.12. The second kappa shape index (κ2) is 9.46. The summed E-state index contributed by atoms with van der Waals surface area (Å²) in [5, 5.41) is 12.5. The number of nitrogens with one attached hydrogen (secondary N) is 1. The quantitative estimate of drug-likeness (QED) is 0.361. The first kappa shape index (κ1) is 20.1. The standard InChI is InChI=1S/C19H16ClIN2O3/c1-3-26-18-16(21)8-12(9-17(18)25-2)7-13(11-22)19(24)23-15-6-4-5-14(20)10-15/h4-10H,3H2,1-2H3,(H,23,24)/b13-7+. The van der Waals surface area contributed by atoms with Gasteiger partial charge >= 0.3 is 0 Å². The average Bonchev–Trinajstić information content (AvgIpc) is 2.61. The molecule has 2 rings (SSSR count). The van der Waals surface area contributed by atoms with Crippen LogP contribution in [0.5, 0.6) is 11.5 Å². The van der Waals surface area contributed by atoms with Gasteiger partial charge in [-0.05, 0) is 71.5 Å². The molecule has 7 heteroatoms. The normalized spacial score (nSPS) is 10.8. The molecule has 0 aromatic heterocycles. The lowest BCUT2D eigenvalue weighted by Crippen LogP contribution is -2.13. The number of amides is 1. The molecule has 0 aliphatic rings. The Morgan fingerprint density at radius 3 is 2.77 bits per heavy atom. The fourth-order valence-corrected chi connectivity index (χ4v) is 3.16. The second-order valence-electron chi connectivity index (χ2n) is 5.10. The molecule has 0 saturated carbocycles. The van der Waals surface area contributed by atoms with E-state index in [9.17, 15) is 10.1 Å². The van der Waals surface area contributed by atoms with E-state index in [1.165, 1.54) is 6.08 Å². The number of benzene rings is 2. The summed E-state index contributed by atoms with van der Waals surface area (Å²) in [5.74, 6) is 0.657. The maximum Gasteiger partial charge on any atom is 0.266 e. The maximum absolute atomic E-state index is 12.4. The molecule has 0 aliphatic carbocycles. The Hall–Kier alpha value is -2.24. The Morgan fingerprint density at radius 1 is 1.38 bits per heavy atom. The van der Waals surface area contributed by atoms with Crippen molar-refractivity contribution in [2.75, 3.05) is 19.0 Å². The van der Waals surface area contributed by atoms with Crippen LogP contribution in [-0.4, -0.2) is 19.6 Å². The lowest BCUT2D eigenvalue weighted by atomic mass is 10.1. The minimum absolute atomic E-state index is 0.0352. The number of anilines is 1. The first-order chi connectivity index (χ1) is 12.5. The van der Waals surface area contributed by atoms with Crippen LogP contribution < -0.4 is 14.8 Å². The predicted octanol–water partition coefficient (Wildman–Crippen LogP) is 4.90. The van der Waals surface area contributed by atoms with Gasteiger partial charge in [-0.2, -0.15) is 5.26 Å². The van der Waals surface area contributed by atoms with E-state index in [2.05, 4.69) is 27.9 Å². The van der Waals surface area contributed by atoms with Gasteiger partial charge in [0, 0.05) is 10.7 Å². The van der Waals surface area contributed by atoms with Gasteiger partial charge in [0.2, 0.25) is 0 Å². The van der Waals surface area contributed by atoms with E-state index in [1.54, 1.807) is 37.4 Å². The summed E-state index contributed by atoms with van der Waals surface area (Å²) in [4.78, 5) is 12.4. The molecule has 2 aromatic rings. The number of carbonyl (C=O) groups is 1. The molecule has 1 N–H and O–H groups in total. The molecule has 26 heavy (non-hydrogen) atoms. The van der Waals surface area contributed by atoms with Gasteiger partial charge in [0.15, 0.2) is 11.5 Å². The molecule has 0 aliphatic heterocycles. The van der Waals surface area contributed by atoms with Crippen LogP contribution in [0.25, 0.3) is 6.08 Å². The van der Waals surface area contributed by atoms with E-state index in [1.807, 2.05) is 19.1 Å². The molecule has 2 aromatic carbocycles. The third kappa shape index (κ3) is 5.13. The summed E-state index contributed by atoms with van der Waals surface area (Å²) in [6.07, 6.45) is 1.50. The van der Waals surface area contributed by atoms with Crippen LogP contribution in [0.15, 0.2) is 42.0 Å². The molecule has 0 atom stereocenters. The van der Waals surface area contributed by atoms with Gasteiger partial charge in [0.1, 0.15) is 11.6 Å². The highest BCUT2D eigenvalue weighted by Gasteiger charge is 2.13. The number of nitrogens with zero attached hydrogens (tertiary/aromatic N) is 1. The van der Waals surface area contributed by atoms with Gasteiger partial charge in [-0.3, -0.25) is 4.79 Å². The van der Waals surface area contributed by atoms with E-state index in [-0.39, 0.29) is 5.57 Å². The van der Waals surface area contributed by atoms with Crippen molar-refractivity contribution in [3.63, 3.8) is 0 Å². The molecular weight excluding hydrogens is 467 g/mol. The number of methoxy groups -OCH3 is 1. The van der Waals surface area contributed by atoms with Crippen molar-refractivity contribution < 1.29 is 14.3 Å². The highest BCUT2D eigenvalue weighted by molar-refractivity contribution is 14.1. The van der Waals surface area contributed by atoms with Crippen LogP contribution >= 0.6 is 34.2 Å². The third-order valence-corrected chi connectivity index (χ3v) is 4.34. The maximum atomic E-state index is 12.4. The van der Waals surface area contributed by atoms with Crippen molar-refractivity contribution in [1.29, 1.82) is 5.26 Å². The van der Waals surface area contributed by atoms with Crippen molar-refractivity contribution in [2.45, 2.75) is 6.92 Å². The minimum atomic E-state index is -0.516. The third-order valence-electron chi connectivity index (χ3n) is 3.30. The van der Waals surface area contributed by atoms with Crippen molar-refractivity contribution in [3.8, 4) is 17.6 Å². The van der Waals surface area contributed by atoms with Gasteiger partial charge in [-0.25, -0.2) is 0 Å². The molecule has 0 saturated heterocycles. The topological polar surface area (TPSA) is 71.3 Å². The zero-order chi connectivity index (χ0) is 19.1. The smallest absolute Gasteiger partial charge is 0.266 e. The fourth-order valence-electron chi connectivity index (χ4n) is 2.19. The first-order valence-electron chi connectivity index (χ1n) is 7.67. The molecule has 0 unspecified atom stereocenters. The second-order valence-corrected chi connectivity index (χ2v) is 6.70. The zero-order valence-corrected chi connectivity index (χ0v) is 17.1. The molecular formula is C19H16ClIN2O3. The van der Waals surface area contributed by atoms with E-state index < -0.39 is 5.91 Å². The summed E-state index contributed by atoms with van der Waals surface area (Å²) in [6.45, 7) is 2.39. The van der Waals surface area contributed by atoms with Crippen LogP contribution in [0.2, 0.25) is 5.02 Å². The molecule has 0 bridgehead atoms. The van der Waals surface area contributed by atoms with Crippen LogP contribution in [-0.2, 0) is 4.79 Å². The summed E-state index contributed by atoms with van der Waals surface area (Å²) in [5.41, 5.74) is 1.14. The fraction of sp³-hybridized carbons (Fsp3) is 0.158. The Kier molecular flexibility index (Phi) is 7.30. The van der Waals surface area contributed by atoms with E-state index in [0.717, 1.165) is 3.57 Å². The Balaban J connectivity index is 2.32. The minimum Gasteiger partial charge on any atom is -0.493 e. The summed E-state index contributed by atoms with van der Waals surface area (Å²) < 4.78 is 11.7. The zero-order valence-electron chi connectivity index (χ0n) is 14.2. The number of nitriles is 1. The highest BCUT2D eigenvalue weighted by atomic mass is 127. The Labute approximate surface area is 170 Å². The van der Waals surface area contributed by atoms with Crippen LogP contribution in [0.3, 0.4) is 0 Å². The number of halogens is 2. The monoisotopic (exact) mass is 482 g/mol. The highest BCUT2D eigenvalue weighted by Crippen LogP contribution is 2.34. The van der Waals surface area contributed by atoms with Crippen molar-refractivity contribution in [1.82, 2.24) is 0 Å². The number of carbonyl (C=O) groups excluding carboxylic acids is 1. The van der Waals surface area contributed by atoms with Crippen molar-refractivity contribution >= 4 is 51.9 Å². The molecule has 134 valence electrons. The summed E-state index contributed by atoms with van der Waals surface area (Å²) in [7, 11) is 1.54. The van der Waals surface area contributed by atoms with Crippen molar-refractivity contribution in [3.05, 3.63) is 56.1 Å². The molecule has 5 nitrogen and oxygen atoms in total. The predicted molar refractivity (Wildman–Crippen MR) is 111 cm³/mol. The van der Waals surface area contributed by atoms with Crippen LogP contribution in [0, 0.1) is 14.9 Å². The number of ether oxygens (including phenoxy) is 2. The molecule has 0 radical (unpaired) electrons. The van der Waals surface area contributed by atoms with Gasteiger partial charge < -0.3 is 14.8 Å². The van der Waals surface area contributed by atoms with Gasteiger partial charge in [0.05, 0.1) is 17.3 Å². The van der Waals surface area contributed by atoms with E-state index in [4.69, 9.17) is 21.1 Å². The number of rotatable bonds is 6. The summed E-state index contributed by atoms with van der Waals surface area (Å²) >= 11 is 8.03. The first-order valence-corrected chi connectivity index (χ1v) is 9.13. The van der Waals surface area contributed by atoms with Gasteiger partial charge in [-0.1, -0.05) is 17.7 Å². The number of hydrogen-bond donors (Lipinski definition) is 1. The molecule has 0 heterocycles. The molecule has 1 amide bonds. The van der Waals surface area contributed by atoms with Crippen LogP contribution in [0.1, 0.15) is 12.5 Å². The van der Waals surface area contributed by atoms with Crippen LogP contribution in [0.4, 0.5) is 5.69 Å². The molecule has 0 spiro atoms.